The third-order valence-electron chi connectivity index (χ3n) is 3.28. The molecule has 4 heteroatoms. The minimum Gasteiger partial charge on any atom is -0.466 e. The Kier molecular flexibility index (Phi) is 4.79. The first-order chi connectivity index (χ1) is 10.1. The van der Waals surface area contributed by atoms with Gasteiger partial charge in [-0.05, 0) is 13.0 Å². The summed E-state index contributed by atoms with van der Waals surface area (Å²) in [6.45, 7) is 1.84. The lowest BCUT2D eigenvalue weighted by atomic mass is 9.96. The summed E-state index contributed by atoms with van der Waals surface area (Å²) in [4.78, 5) is 11.2. The predicted octanol–water partition coefficient (Wildman–Crippen LogP) is 2.61. The quantitative estimate of drug-likeness (QED) is 0.487. The second-order valence-corrected chi connectivity index (χ2v) is 5.00. The highest BCUT2D eigenvalue weighted by Gasteiger charge is 2.37. The van der Waals surface area contributed by atoms with Gasteiger partial charge in [0, 0.05) is 18.1 Å². The average molecular weight is 286 g/mol. The van der Waals surface area contributed by atoms with Gasteiger partial charge >= 0.3 is 5.97 Å². The molecule has 0 unspecified atom stereocenters. The molecule has 21 heavy (non-hydrogen) atoms. The highest BCUT2D eigenvalue weighted by atomic mass is 16.7. The van der Waals surface area contributed by atoms with Gasteiger partial charge in [-0.15, -0.1) is 6.42 Å². The Labute approximate surface area is 124 Å². The Hall–Kier alpha value is -2.09. The number of esters is 1. The number of rotatable bonds is 3. The first-order valence-corrected chi connectivity index (χ1v) is 6.68. The Balaban J connectivity index is 2.19. The number of benzene rings is 1. The monoisotopic (exact) mass is 286 g/mol. The van der Waals surface area contributed by atoms with Gasteiger partial charge in [-0.2, -0.15) is 0 Å². The van der Waals surface area contributed by atoms with E-state index in [9.17, 15) is 4.79 Å². The summed E-state index contributed by atoms with van der Waals surface area (Å²) < 4.78 is 16.3. The summed E-state index contributed by atoms with van der Waals surface area (Å²) in [5.74, 6) is 2.23. The molecule has 0 aromatic heterocycles. The topological polar surface area (TPSA) is 44.8 Å². The van der Waals surface area contributed by atoms with Crippen molar-refractivity contribution in [1.82, 2.24) is 0 Å². The van der Waals surface area contributed by atoms with Crippen LogP contribution in [0.3, 0.4) is 0 Å². The van der Waals surface area contributed by atoms with E-state index < -0.39 is 17.9 Å². The van der Waals surface area contributed by atoms with Gasteiger partial charge in [0.1, 0.15) is 5.60 Å². The van der Waals surface area contributed by atoms with E-state index in [1.54, 1.807) is 6.08 Å². The van der Waals surface area contributed by atoms with E-state index in [4.69, 9.17) is 15.9 Å². The van der Waals surface area contributed by atoms with Crippen molar-refractivity contribution in [3.8, 4) is 12.3 Å². The fourth-order valence-corrected chi connectivity index (χ4v) is 2.12. The summed E-state index contributed by atoms with van der Waals surface area (Å²) in [5.41, 5.74) is 0.138. The molecule has 1 aromatic carbocycles. The van der Waals surface area contributed by atoms with Crippen molar-refractivity contribution in [2.75, 3.05) is 7.11 Å². The molecule has 4 nitrogen and oxygen atoms in total. The molecule has 1 saturated heterocycles. The molecule has 0 spiro atoms. The largest absolute Gasteiger partial charge is 0.466 e. The molecule has 0 aliphatic carbocycles. The van der Waals surface area contributed by atoms with Crippen LogP contribution in [0.2, 0.25) is 0 Å². The highest BCUT2D eigenvalue weighted by molar-refractivity contribution is 5.81. The molecule has 1 aliphatic heterocycles. The number of terminal acetylenes is 1. The number of hydrogen-bond acceptors (Lipinski definition) is 4. The van der Waals surface area contributed by atoms with Crippen LogP contribution in [0.5, 0.6) is 0 Å². The van der Waals surface area contributed by atoms with Crippen LogP contribution < -0.4 is 0 Å². The van der Waals surface area contributed by atoms with Gasteiger partial charge < -0.3 is 14.2 Å². The fraction of sp³-hybridized carbons (Fsp3) is 0.353. The second-order valence-electron chi connectivity index (χ2n) is 5.00. The van der Waals surface area contributed by atoms with Crippen LogP contribution in [0.1, 0.15) is 25.2 Å². The Morgan fingerprint density at radius 3 is 2.81 bits per heavy atom. The van der Waals surface area contributed by atoms with E-state index in [-0.39, 0.29) is 6.10 Å². The summed E-state index contributed by atoms with van der Waals surface area (Å²) in [7, 11) is 1.33. The van der Waals surface area contributed by atoms with Crippen LogP contribution in [-0.4, -0.2) is 24.8 Å². The van der Waals surface area contributed by atoms with Crippen molar-refractivity contribution in [3.05, 3.63) is 48.0 Å². The molecule has 0 radical (unpaired) electrons. The minimum atomic E-state index is -0.746. The molecule has 1 aliphatic rings. The maximum absolute atomic E-state index is 11.2. The van der Waals surface area contributed by atoms with E-state index in [1.807, 2.05) is 37.3 Å². The zero-order chi connectivity index (χ0) is 15.3. The van der Waals surface area contributed by atoms with E-state index in [0.717, 1.165) is 5.56 Å². The molecule has 1 heterocycles. The van der Waals surface area contributed by atoms with Crippen molar-refractivity contribution < 1.29 is 19.0 Å². The van der Waals surface area contributed by atoms with E-state index in [2.05, 4.69) is 10.7 Å². The van der Waals surface area contributed by atoms with Crippen LogP contribution in [0.15, 0.2) is 42.5 Å². The predicted molar refractivity (Wildman–Crippen MR) is 78.2 cm³/mol. The molecule has 0 saturated carbocycles. The van der Waals surface area contributed by atoms with Gasteiger partial charge in [-0.25, -0.2) is 4.79 Å². The van der Waals surface area contributed by atoms with Crippen LogP contribution in [0.4, 0.5) is 0 Å². The molecule has 2 rings (SSSR count). The van der Waals surface area contributed by atoms with E-state index in [0.29, 0.717) is 6.42 Å². The number of carbonyl (C=O) groups is 1. The summed E-state index contributed by atoms with van der Waals surface area (Å²) in [5, 5.41) is 0. The first-order valence-electron chi connectivity index (χ1n) is 6.68. The molecule has 3 atom stereocenters. The SMILES string of the molecule is C#C[C@]1(C)C[C@@H](/C=C\C(=O)OC)O[C@@H](c2ccccc2)O1. The lowest BCUT2D eigenvalue weighted by Gasteiger charge is -2.39. The zero-order valence-electron chi connectivity index (χ0n) is 12.1. The van der Waals surface area contributed by atoms with Gasteiger partial charge in [0.2, 0.25) is 0 Å². The van der Waals surface area contributed by atoms with Crippen molar-refractivity contribution >= 4 is 5.97 Å². The van der Waals surface area contributed by atoms with Gasteiger partial charge in [0.05, 0.1) is 13.2 Å². The summed E-state index contributed by atoms with van der Waals surface area (Å²) in [6.07, 6.45) is 8.17. The van der Waals surface area contributed by atoms with Crippen LogP contribution in [0.25, 0.3) is 0 Å². The number of ether oxygens (including phenoxy) is 3. The lowest BCUT2D eigenvalue weighted by Crippen LogP contribution is -2.40. The van der Waals surface area contributed by atoms with Crippen molar-refractivity contribution in [2.24, 2.45) is 0 Å². The summed E-state index contributed by atoms with van der Waals surface area (Å²) >= 11 is 0. The Morgan fingerprint density at radius 2 is 2.19 bits per heavy atom. The molecule has 0 amide bonds. The van der Waals surface area contributed by atoms with Crippen LogP contribution in [-0.2, 0) is 19.0 Å². The second kappa shape index (κ2) is 6.57. The zero-order valence-corrected chi connectivity index (χ0v) is 12.1. The fourth-order valence-electron chi connectivity index (χ4n) is 2.12. The maximum atomic E-state index is 11.2. The van der Waals surface area contributed by atoms with Gasteiger partial charge in [0.25, 0.3) is 0 Å². The molecule has 1 aromatic rings. The molecule has 0 N–H and O–H groups in total. The molecular formula is C17H18O4. The molecular weight excluding hydrogens is 268 g/mol. The van der Waals surface area contributed by atoms with Crippen molar-refractivity contribution in [2.45, 2.75) is 31.3 Å². The van der Waals surface area contributed by atoms with E-state index >= 15 is 0 Å². The molecule has 110 valence electrons. The summed E-state index contributed by atoms with van der Waals surface area (Å²) in [6, 6.07) is 9.55. The van der Waals surface area contributed by atoms with Crippen LogP contribution in [0, 0.1) is 12.3 Å². The Bertz CT molecular complexity index is 558. The smallest absolute Gasteiger partial charge is 0.330 e. The minimum absolute atomic E-state index is 0.316. The molecule has 1 fully saturated rings. The number of hydrogen-bond donors (Lipinski definition) is 0. The lowest BCUT2D eigenvalue weighted by molar-refractivity contribution is -0.255. The third-order valence-corrected chi connectivity index (χ3v) is 3.28. The average Bonchev–Trinajstić information content (AvgIpc) is 2.53. The number of methoxy groups -OCH3 is 1. The molecule has 0 bridgehead atoms. The normalized spacial score (nSPS) is 29.0. The maximum Gasteiger partial charge on any atom is 0.330 e. The standard InChI is InChI=1S/C17H18O4/c1-4-17(2)12-14(10-11-15(18)19-3)20-16(21-17)13-8-6-5-7-9-13/h1,5-11,14,16H,12H2,2-3H3/b11-10-/t14-,16-,17-/m1/s1. The van der Waals surface area contributed by atoms with Crippen molar-refractivity contribution in [3.63, 3.8) is 0 Å². The highest BCUT2D eigenvalue weighted by Crippen LogP contribution is 2.36. The third kappa shape index (κ3) is 3.94. The van der Waals surface area contributed by atoms with Gasteiger partial charge in [-0.1, -0.05) is 36.3 Å². The van der Waals surface area contributed by atoms with Gasteiger partial charge in [-0.3, -0.25) is 0 Å². The van der Waals surface area contributed by atoms with Crippen molar-refractivity contribution in [1.29, 1.82) is 0 Å². The van der Waals surface area contributed by atoms with Gasteiger partial charge in [0.15, 0.2) is 6.29 Å². The van der Waals surface area contributed by atoms with Crippen LogP contribution >= 0.6 is 0 Å². The number of carbonyl (C=O) groups excluding carboxylic acids is 1. The first kappa shape index (κ1) is 15.3. The Morgan fingerprint density at radius 1 is 1.48 bits per heavy atom. The van der Waals surface area contributed by atoms with E-state index in [1.165, 1.54) is 13.2 Å².